The van der Waals surface area contributed by atoms with Gasteiger partial charge >= 0.3 is 0 Å². The average Bonchev–Trinajstić information content (AvgIpc) is 3.42. The van der Waals surface area contributed by atoms with Gasteiger partial charge in [-0.2, -0.15) is 0 Å². The van der Waals surface area contributed by atoms with E-state index in [2.05, 4.69) is 112 Å². The molecule has 2 aromatic heterocycles. The Bertz CT molecular complexity index is 1360. The molecule has 0 radical (unpaired) electrons. The first-order valence-electron chi connectivity index (χ1n) is 12.3. The van der Waals surface area contributed by atoms with Crippen molar-refractivity contribution >= 4 is 28.0 Å². The highest BCUT2D eigenvalue weighted by Crippen LogP contribution is 2.20. The molecule has 0 spiro atoms. The first-order valence-corrected chi connectivity index (χ1v) is 12.3. The molecule has 5 rings (SSSR count). The first-order chi connectivity index (χ1) is 16.8. The van der Waals surface area contributed by atoms with Crippen molar-refractivity contribution in [2.45, 2.75) is 33.5 Å². The number of fused-ring (bicyclic) bond motifs is 2. The highest BCUT2D eigenvalue weighted by molar-refractivity contribution is 5.78. The molecule has 2 heterocycles. The van der Waals surface area contributed by atoms with E-state index in [-0.39, 0.29) is 0 Å². The van der Waals surface area contributed by atoms with Crippen LogP contribution in [0.3, 0.4) is 0 Å². The van der Waals surface area contributed by atoms with Crippen LogP contribution in [0.2, 0.25) is 0 Å². The molecule has 0 aliphatic rings. The Morgan fingerprint density at radius 1 is 0.912 bits per heavy atom. The zero-order valence-electron chi connectivity index (χ0n) is 20.1. The maximum absolute atomic E-state index is 4.94. The zero-order valence-corrected chi connectivity index (χ0v) is 20.1. The number of rotatable bonds is 10. The molecule has 0 saturated heterocycles. The highest BCUT2D eigenvalue weighted by atomic mass is 15.2. The molecule has 5 aromatic rings. The third kappa shape index (κ3) is 4.54. The van der Waals surface area contributed by atoms with E-state index < -0.39 is 0 Å². The number of nitrogens with zero attached hydrogens (tertiary/aromatic N) is 3. The minimum atomic E-state index is 0.670. The lowest BCUT2D eigenvalue weighted by Gasteiger charge is -2.17. The van der Waals surface area contributed by atoms with Crippen LogP contribution in [-0.4, -0.2) is 34.2 Å². The summed E-state index contributed by atoms with van der Waals surface area (Å²) in [4.78, 5) is 10.2. The number of likely N-dealkylation sites (N-methyl/N-ethyl adjacent to an activating group) is 1. The third-order valence-electron chi connectivity index (χ3n) is 6.74. The maximum Gasteiger partial charge on any atom is 0.275 e. The monoisotopic (exact) mass is 454 g/mol. The van der Waals surface area contributed by atoms with Gasteiger partial charge in [-0.1, -0.05) is 54.6 Å². The molecule has 0 bridgehead atoms. The number of anilines is 1. The summed E-state index contributed by atoms with van der Waals surface area (Å²) in [6, 6.07) is 27.6. The number of aromatic nitrogens is 4. The summed E-state index contributed by atoms with van der Waals surface area (Å²) in [7, 11) is 0. The molecule has 6 heteroatoms. The van der Waals surface area contributed by atoms with Crippen LogP contribution in [0, 0.1) is 0 Å². The van der Waals surface area contributed by atoms with Gasteiger partial charge in [0.05, 0.1) is 37.2 Å². The molecule has 3 aromatic carbocycles. The first kappa shape index (κ1) is 22.2. The summed E-state index contributed by atoms with van der Waals surface area (Å²) >= 11 is 0. The molecule has 34 heavy (non-hydrogen) atoms. The summed E-state index contributed by atoms with van der Waals surface area (Å²) in [5, 5.41) is 3.66. The second-order valence-corrected chi connectivity index (χ2v) is 8.80. The van der Waals surface area contributed by atoms with Crippen LogP contribution < -0.4 is 14.8 Å². The molecule has 0 amide bonds. The highest BCUT2D eigenvalue weighted by Gasteiger charge is 2.20. The Kier molecular flexibility index (Phi) is 6.58. The standard InChI is InChI=1S/C28H32N6/c1-3-32(4-2)18-19-33-25-16-10-9-15-24(25)31-28(33)29-20-27-30-23-14-8-11-17-26(23)34(27)21-22-12-6-5-7-13-22/h5-17H,3-4,18-21H2,1-2H3,(H,29,31)/p+2. The number of H-pyrrole nitrogens is 1. The van der Waals surface area contributed by atoms with Crippen molar-refractivity contribution in [1.82, 2.24) is 14.5 Å². The van der Waals surface area contributed by atoms with Crippen molar-refractivity contribution in [3.8, 4) is 0 Å². The van der Waals surface area contributed by atoms with Gasteiger partial charge in [-0.3, -0.25) is 0 Å². The number of aromatic amines is 1. The Morgan fingerprint density at radius 2 is 1.65 bits per heavy atom. The summed E-state index contributed by atoms with van der Waals surface area (Å²) in [6.45, 7) is 10.3. The number of nitrogens with one attached hydrogen (secondary N) is 3. The minimum absolute atomic E-state index is 0.670. The second-order valence-electron chi connectivity index (χ2n) is 8.80. The zero-order chi connectivity index (χ0) is 23.3. The van der Waals surface area contributed by atoms with E-state index in [4.69, 9.17) is 4.98 Å². The van der Waals surface area contributed by atoms with E-state index in [1.54, 1.807) is 4.90 Å². The van der Waals surface area contributed by atoms with Crippen molar-refractivity contribution in [2.75, 3.05) is 25.0 Å². The van der Waals surface area contributed by atoms with Crippen LogP contribution in [0.4, 0.5) is 5.95 Å². The molecular formula is C28H34N6+2. The van der Waals surface area contributed by atoms with Gasteiger partial charge < -0.3 is 14.8 Å². The Morgan fingerprint density at radius 3 is 2.47 bits per heavy atom. The van der Waals surface area contributed by atoms with Crippen LogP contribution in [0.15, 0.2) is 78.9 Å². The van der Waals surface area contributed by atoms with Gasteiger partial charge in [-0.15, -0.1) is 0 Å². The summed E-state index contributed by atoms with van der Waals surface area (Å²) < 4.78 is 4.70. The average molecular weight is 455 g/mol. The smallest absolute Gasteiger partial charge is 0.275 e. The number of hydrogen-bond acceptors (Lipinski definition) is 2. The fourth-order valence-corrected chi connectivity index (χ4v) is 4.74. The molecule has 0 unspecified atom stereocenters. The summed E-state index contributed by atoms with van der Waals surface area (Å²) in [5.41, 5.74) is 5.86. The fourth-order valence-electron chi connectivity index (χ4n) is 4.74. The van der Waals surface area contributed by atoms with E-state index in [0.29, 0.717) is 6.54 Å². The van der Waals surface area contributed by atoms with Crippen molar-refractivity contribution in [3.05, 3.63) is 90.3 Å². The van der Waals surface area contributed by atoms with Crippen LogP contribution in [0.25, 0.3) is 22.1 Å². The molecular weight excluding hydrogens is 420 g/mol. The van der Waals surface area contributed by atoms with Crippen LogP contribution in [0.1, 0.15) is 25.2 Å². The van der Waals surface area contributed by atoms with Crippen LogP contribution >= 0.6 is 0 Å². The van der Waals surface area contributed by atoms with E-state index in [9.17, 15) is 0 Å². The van der Waals surface area contributed by atoms with E-state index in [1.807, 2.05) is 0 Å². The Balaban J connectivity index is 1.45. The summed E-state index contributed by atoms with van der Waals surface area (Å²) in [5.74, 6) is 2.07. The van der Waals surface area contributed by atoms with Crippen molar-refractivity contribution in [2.24, 2.45) is 0 Å². The minimum Gasteiger partial charge on any atom is -0.344 e. The SMILES string of the molecule is CC[NH+](CC)CCn1c(NCc2[nH]c3ccccc3[n+]2Cc2ccccc2)nc2ccccc21. The van der Waals surface area contributed by atoms with Crippen molar-refractivity contribution in [3.63, 3.8) is 0 Å². The van der Waals surface area contributed by atoms with Gasteiger partial charge in [-0.05, 0) is 43.7 Å². The Labute approximate surface area is 200 Å². The fraction of sp³-hybridized carbons (Fsp3) is 0.286. The topological polar surface area (TPSA) is 54.0 Å². The van der Waals surface area contributed by atoms with Gasteiger partial charge in [0.1, 0.15) is 13.1 Å². The van der Waals surface area contributed by atoms with Crippen molar-refractivity contribution < 1.29 is 9.47 Å². The third-order valence-corrected chi connectivity index (χ3v) is 6.74. The molecule has 0 fully saturated rings. The van der Waals surface area contributed by atoms with Gasteiger partial charge in [0.2, 0.25) is 5.95 Å². The molecule has 3 N–H and O–H groups in total. The van der Waals surface area contributed by atoms with Gasteiger partial charge in [0, 0.05) is 0 Å². The molecule has 0 atom stereocenters. The quantitative estimate of drug-likeness (QED) is 0.283. The molecule has 0 aliphatic heterocycles. The number of benzene rings is 3. The molecule has 6 nitrogen and oxygen atoms in total. The molecule has 174 valence electrons. The Hall–Kier alpha value is -3.64. The van der Waals surface area contributed by atoms with Gasteiger partial charge in [0.25, 0.3) is 5.82 Å². The van der Waals surface area contributed by atoms with E-state index in [0.717, 1.165) is 55.5 Å². The predicted molar refractivity (Wildman–Crippen MR) is 138 cm³/mol. The molecule has 0 saturated carbocycles. The number of imidazole rings is 2. The summed E-state index contributed by atoms with van der Waals surface area (Å²) in [6.07, 6.45) is 0. The lowest BCUT2D eigenvalue weighted by Crippen LogP contribution is -3.11. The van der Waals surface area contributed by atoms with Gasteiger partial charge in [0.15, 0.2) is 11.0 Å². The van der Waals surface area contributed by atoms with Gasteiger partial charge in [-0.25, -0.2) is 14.5 Å². The normalized spacial score (nSPS) is 11.6. The number of hydrogen-bond donors (Lipinski definition) is 3. The van der Waals surface area contributed by atoms with E-state index >= 15 is 0 Å². The maximum atomic E-state index is 4.94. The largest absolute Gasteiger partial charge is 0.344 e. The second kappa shape index (κ2) is 10.1. The lowest BCUT2D eigenvalue weighted by molar-refractivity contribution is -0.897. The van der Waals surface area contributed by atoms with Crippen molar-refractivity contribution in [1.29, 1.82) is 0 Å². The van der Waals surface area contributed by atoms with Crippen LogP contribution in [0.5, 0.6) is 0 Å². The number of quaternary nitrogens is 1. The lowest BCUT2D eigenvalue weighted by atomic mass is 10.2. The van der Waals surface area contributed by atoms with E-state index in [1.165, 1.54) is 16.6 Å². The predicted octanol–water partition coefficient (Wildman–Crippen LogP) is 3.39. The van der Waals surface area contributed by atoms with Crippen LogP contribution in [-0.2, 0) is 19.6 Å². The molecule has 0 aliphatic carbocycles. The number of para-hydroxylation sites is 4.